The maximum Gasteiger partial charge on any atom is 0.311 e. The average Bonchev–Trinajstić information content (AvgIpc) is 2.69. The normalized spacial score (nSPS) is 23.2. The van der Waals surface area contributed by atoms with E-state index in [0.29, 0.717) is 17.7 Å². The molecule has 1 aromatic carbocycles. The van der Waals surface area contributed by atoms with Gasteiger partial charge in [-0.25, -0.2) is 0 Å². The van der Waals surface area contributed by atoms with E-state index in [4.69, 9.17) is 4.74 Å². The molecule has 1 saturated heterocycles. The molecule has 98 valence electrons. The second-order valence-electron chi connectivity index (χ2n) is 4.81. The summed E-state index contributed by atoms with van der Waals surface area (Å²) in [6, 6.07) is 5.53. The highest BCUT2D eigenvalue weighted by molar-refractivity contribution is 5.60. The molecular weight excluding hydrogens is 232 g/mol. The Hall–Kier alpha value is -1.78. The van der Waals surface area contributed by atoms with E-state index in [9.17, 15) is 10.1 Å². The summed E-state index contributed by atoms with van der Waals surface area (Å²) in [5.74, 6) is 0.968. The highest BCUT2D eigenvalue weighted by Crippen LogP contribution is 2.35. The van der Waals surface area contributed by atoms with Gasteiger partial charge < -0.3 is 9.64 Å². The second kappa shape index (κ2) is 4.84. The molecule has 0 N–H and O–H groups in total. The lowest BCUT2D eigenvalue weighted by atomic mass is 10.1. The summed E-state index contributed by atoms with van der Waals surface area (Å²) in [4.78, 5) is 12.7. The molecule has 5 heteroatoms. The molecule has 1 aliphatic heterocycles. The minimum absolute atomic E-state index is 0.0150. The molecule has 0 spiro atoms. The predicted molar refractivity (Wildman–Crippen MR) is 70.2 cm³/mol. The lowest BCUT2D eigenvalue weighted by Gasteiger charge is -2.25. The molecule has 1 aromatic rings. The Bertz CT molecular complexity index is 462. The first-order valence-corrected chi connectivity index (χ1v) is 6.13. The first-order chi connectivity index (χ1) is 8.54. The lowest BCUT2D eigenvalue weighted by Crippen LogP contribution is -2.28. The quantitative estimate of drug-likeness (QED) is 0.611. The van der Waals surface area contributed by atoms with Crippen LogP contribution in [-0.2, 0) is 0 Å². The Morgan fingerprint density at radius 3 is 2.67 bits per heavy atom. The summed E-state index contributed by atoms with van der Waals surface area (Å²) >= 11 is 0. The van der Waals surface area contributed by atoms with E-state index in [2.05, 4.69) is 18.7 Å². The number of hydrogen-bond acceptors (Lipinski definition) is 4. The minimum atomic E-state index is -0.418. The number of ether oxygens (including phenoxy) is 1. The third-order valence-electron chi connectivity index (χ3n) is 3.83. The molecule has 0 radical (unpaired) electrons. The van der Waals surface area contributed by atoms with Crippen LogP contribution >= 0.6 is 0 Å². The molecule has 0 aliphatic carbocycles. The van der Waals surface area contributed by atoms with Crippen molar-refractivity contribution in [3.05, 3.63) is 28.3 Å². The molecule has 2 atom stereocenters. The Morgan fingerprint density at radius 1 is 1.44 bits per heavy atom. The van der Waals surface area contributed by atoms with Gasteiger partial charge in [-0.1, -0.05) is 6.92 Å². The Kier molecular flexibility index (Phi) is 3.41. The summed E-state index contributed by atoms with van der Waals surface area (Å²) in [5.41, 5.74) is 1.01. The molecule has 2 rings (SSSR count). The van der Waals surface area contributed by atoms with E-state index in [1.165, 1.54) is 13.2 Å². The fourth-order valence-electron chi connectivity index (χ4n) is 2.45. The van der Waals surface area contributed by atoms with Crippen LogP contribution in [0.1, 0.15) is 20.3 Å². The van der Waals surface area contributed by atoms with Gasteiger partial charge in [0, 0.05) is 30.4 Å². The van der Waals surface area contributed by atoms with Crippen molar-refractivity contribution in [3.8, 4) is 5.75 Å². The van der Waals surface area contributed by atoms with Gasteiger partial charge in [0.25, 0.3) is 0 Å². The molecular formula is C13H18N2O3. The Morgan fingerprint density at radius 2 is 2.17 bits per heavy atom. The van der Waals surface area contributed by atoms with Crippen molar-refractivity contribution in [3.63, 3.8) is 0 Å². The minimum Gasteiger partial charge on any atom is -0.490 e. The van der Waals surface area contributed by atoms with E-state index >= 15 is 0 Å². The summed E-state index contributed by atoms with van der Waals surface area (Å²) in [7, 11) is 1.46. The van der Waals surface area contributed by atoms with Crippen LogP contribution in [0.25, 0.3) is 0 Å². The van der Waals surface area contributed by atoms with Crippen LogP contribution in [0.2, 0.25) is 0 Å². The number of hydrogen-bond donors (Lipinski definition) is 0. The van der Waals surface area contributed by atoms with Crippen LogP contribution in [0.4, 0.5) is 11.4 Å². The average molecular weight is 250 g/mol. The van der Waals surface area contributed by atoms with Gasteiger partial charge in [-0.15, -0.1) is 0 Å². The second-order valence-corrected chi connectivity index (χ2v) is 4.81. The molecule has 0 bridgehead atoms. The van der Waals surface area contributed by atoms with E-state index in [1.807, 2.05) is 0 Å². The van der Waals surface area contributed by atoms with E-state index in [1.54, 1.807) is 12.1 Å². The largest absolute Gasteiger partial charge is 0.490 e. The molecule has 0 saturated carbocycles. The molecule has 1 aliphatic rings. The molecule has 1 heterocycles. The van der Waals surface area contributed by atoms with Crippen molar-refractivity contribution < 1.29 is 9.66 Å². The molecule has 1 fully saturated rings. The van der Waals surface area contributed by atoms with Gasteiger partial charge in [0.15, 0.2) is 5.75 Å². The van der Waals surface area contributed by atoms with Gasteiger partial charge in [-0.05, 0) is 25.3 Å². The predicted octanol–water partition coefficient (Wildman–Crippen LogP) is 2.84. The van der Waals surface area contributed by atoms with E-state index in [-0.39, 0.29) is 5.69 Å². The number of nitrogens with zero attached hydrogens (tertiary/aromatic N) is 2. The van der Waals surface area contributed by atoms with Crippen molar-refractivity contribution >= 4 is 11.4 Å². The third kappa shape index (κ3) is 2.12. The van der Waals surface area contributed by atoms with E-state index in [0.717, 1.165) is 18.7 Å². The number of anilines is 1. The smallest absolute Gasteiger partial charge is 0.311 e. The zero-order valence-electron chi connectivity index (χ0n) is 10.9. The van der Waals surface area contributed by atoms with Crippen molar-refractivity contribution in [1.29, 1.82) is 0 Å². The summed E-state index contributed by atoms with van der Waals surface area (Å²) in [6.45, 7) is 5.40. The lowest BCUT2D eigenvalue weighted by molar-refractivity contribution is -0.385. The van der Waals surface area contributed by atoms with Crippen LogP contribution in [0.5, 0.6) is 5.75 Å². The zero-order valence-corrected chi connectivity index (χ0v) is 10.9. The van der Waals surface area contributed by atoms with Crippen molar-refractivity contribution in [2.75, 3.05) is 18.6 Å². The third-order valence-corrected chi connectivity index (χ3v) is 3.83. The van der Waals surface area contributed by atoms with Crippen LogP contribution in [0, 0.1) is 16.0 Å². The Labute approximate surface area is 107 Å². The van der Waals surface area contributed by atoms with Gasteiger partial charge in [-0.3, -0.25) is 10.1 Å². The summed E-state index contributed by atoms with van der Waals surface area (Å²) in [5, 5.41) is 10.8. The van der Waals surface area contributed by atoms with Crippen LogP contribution in [0.15, 0.2) is 18.2 Å². The zero-order chi connectivity index (χ0) is 13.3. The number of nitro groups is 1. The summed E-state index contributed by atoms with van der Waals surface area (Å²) < 4.78 is 5.10. The first-order valence-electron chi connectivity index (χ1n) is 6.13. The maximum absolute atomic E-state index is 10.8. The molecule has 2 unspecified atom stereocenters. The fraction of sp³-hybridized carbons (Fsp3) is 0.538. The SMILES string of the molecule is COc1cc(N2CCC(C)C2C)ccc1[N+](=O)[O-]. The van der Waals surface area contributed by atoms with Crippen molar-refractivity contribution in [2.24, 2.45) is 5.92 Å². The first kappa shape index (κ1) is 12.7. The number of benzene rings is 1. The summed E-state index contributed by atoms with van der Waals surface area (Å²) in [6.07, 6.45) is 1.15. The van der Waals surface area contributed by atoms with Crippen LogP contribution < -0.4 is 9.64 Å². The molecule has 0 aromatic heterocycles. The van der Waals surface area contributed by atoms with Gasteiger partial charge in [0.2, 0.25) is 0 Å². The maximum atomic E-state index is 10.8. The highest BCUT2D eigenvalue weighted by Gasteiger charge is 2.28. The van der Waals surface area contributed by atoms with Gasteiger partial charge in [0.1, 0.15) is 0 Å². The molecule has 0 amide bonds. The monoisotopic (exact) mass is 250 g/mol. The van der Waals surface area contributed by atoms with Crippen molar-refractivity contribution in [1.82, 2.24) is 0 Å². The molecule has 5 nitrogen and oxygen atoms in total. The van der Waals surface area contributed by atoms with Crippen LogP contribution in [0.3, 0.4) is 0 Å². The topological polar surface area (TPSA) is 55.6 Å². The highest BCUT2D eigenvalue weighted by atomic mass is 16.6. The Balaban J connectivity index is 2.33. The number of nitro benzene ring substituents is 1. The van der Waals surface area contributed by atoms with Crippen LogP contribution in [-0.4, -0.2) is 24.6 Å². The fourth-order valence-corrected chi connectivity index (χ4v) is 2.45. The van der Waals surface area contributed by atoms with Gasteiger partial charge in [-0.2, -0.15) is 0 Å². The van der Waals surface area contributed by atoms with E-state index < -0.39 is 4.92 Å². The van der Waals surface area contributed by atoms with Crippen molar-refractivity contribution in [2.45, 2.75) is 26.3 Å². The van der Waals surface area contributed by atoms with Gasteiger partial charge in [0.05, 0.1) is 12.0 Å². The number of rotatable bonds is 3. The standard InChI is InChI=1S/C13H18N2O3/c1-9-6-7-14(10(9)2)11-4-5-12(15(16)17)13(8-11)18-3/h4-5,8-10H,6-7H2,1-3H3. The van der Waals surface area contributed by atoms with Gasteiger partial charge >= 0.3 is 5.69 Å². The number of methoxy groups -OCH3 is 1. The molecule has 18 heavy (non-hydrogen) atoms.